The number of hydrogen-bond donors (Lipinski definition) is 0. The highest BCUT2D eigenvalue weighted by molar-refractivity contribution is 5.95. The van der Waals surface area contributed by atoms with Gasteiger partial charge in [-0.1, -0.05) is 97.5 Å². The summed E-state index contributed by atoms with van der Waals surface area (Å²) in [5.41, 5.74) is 5.18. The van der Waals surface area contributed by atoms with Crippen LogP contribution in [0.5, 0.6) is 0 Å². The maximum absolute atomic E-state index is 13.8. The Hall–Kier alpha value is -3.01. The number of fused-ring (bicyclic) bond motifs is 2. The first-order chi connectivity index (χ1) is 17.1. The van der Waals surface area contributed by atoms with Crippen LogP contribution in [-0.4, -0.2) is 23.8 Å². The molecule has 2 aromatic carbocycles. The molecular formula is C32H32O3. The normalized spacial score (nSPS) is 33.5. The van der Waals surface area contributed by atoms with Gasteiger partial charge in [0.15, 0.2) is 11.6 Å². The van der Waals surface area contributed by atoms with Crippen LogP contribution in [0.4, 0.5) is 0 Å². The summed E-state index contributed by atoms with van der Waals surface area (Å²) in [5, 5.41) is 0. The van der Waals surface area contributed by atoms with E-state index < -0.39 is 17.3 Å². The van der Waals surface area contributed by atoms with E-state index in [1.54, 1.807) is 0 Å². The van der Waals surface area contributed by atoms with Gasteiger partial charge in [0.25, 0.3) is 0 Å². The Morgan fingerprint density at radius 2 is 1.46 bits per heavy atom. The molecule has 0 N–H and O–H groups in total. The lowest BCUT2D eigenvalue weighted by Gasteiger charge is -2.45. The highest BCUT2D eigenvalue weighted by atomic mass is 16.7. The zero-order valence-electron chi connectivity index (χ0n) is 20.3. The van der Waals surface area contributed by atoms with Crippen molar-refractivity contribution in [2.45, 2.75) is 63.4 Å². The molecule has 2 aromatic rings. The Labute approximate surface area is 207 Å². The minimum absolute atomic E-state index is 0.138. The molecule has 3 fully saturated rings. The highest BCUT2D eigenvalue weighted by Gasteiger charge is 2.67. The van der Waals surface area contributed by atoms with Gasteiger partial charge in [-0.05, 0) is 60.5 Å². The van der Waals surface area contributed by atoms with Gasteiger partial charge in [0.2, 0.25) is 0 Å². The van der Waals surface area contributed by atoms with Crippen molar-refractivity contribution in [1.29, 1.82) is 0 Å². The van der Waals surface area contributed by atoms with E-state index in [1.165, 1.54) is 16.7 Å². The van der Waals surface area contributed by atoms with Gasteiger partial charge in [-0.25, -0.2) is 0 Å². The lowest BCUT2D eigenvalue weighted by atomic mass is 9.67. The van der Waals surface area contributed by atoms with E-state index in [0.29, 0.717) is 0 Å². The summed E-state index contributed by atoms with van der Waals surface area (Å²) in [4.78, 5) is 13.8. The molecule has 1 saturated heterocycles. The minimum Gasteiger partial charge on any atom is -0.337 e. The van der Waals surface area contributed by atoms with Gasteiger partial charge in [-0.3, -0.25) is 4.79 Å². The fourth-order valence-electron chi connectivity index (χ4n) is 6.29. The SMILES string of the molecule is C[C@]12CCCC[C@]13OC1C(=C(/C=C/c4ccccc4)[C@@H](O3)C2=O)CC/C1=C\C=C\c1ccccc1. The molecule has 0 aromatic heterocycles. The first-order valence-electron chi connectivity index (χ1n) is 12.9. The lowest BCUT2D eigenvalue weighted by molar-refractivity contribution is -0.280. The molecule has 2 aliphatic carbocycles. The highest BCUT2D eigenvalue weighted by Crippen LogP contribution is 2.59. The number of allylic oxidation sites excluding steroid dienone is 2. The number of ketones is 1. The Morgan fingerprint density at radius 1 is 0.800 bits per heavy atom. The van der Waals surface area contributed by atoms with Gasteiger partial charge < -0.3 is 9.47 Å². The third kappa shape index (κ3) is 3.78. The number of benzene rings is 2. The average Bonchev–Trinajstić information content (AvgIpc) is 3.32. The summed E-state index contributed by atoms with van der Waals surface area (Å²) in [6.45, 7) is 2.08. The molecule has 2 aliphatic heterocycles. The van der Waals surface area contributed by atoms with Crippen molar-refractivity contribution in [3.8, 4) is 0 Å². The molecule has 6 rings (SSSR count). The fraction of sp³-hybridized carbons (Fsp3) is 0.344. The quantitative estimate of drug-likeness (QED) is 0.485. The van der Waals surface area contributed by atoms with Crippen LogP contribution in [0.25, 0.3) is 12.2 Å². The molecular weight excluding hydrogens is 432 g/mol. The predicted octanol–water partition coefficient (Wildman–Crippen LogP) is 7.07. The molecule has 1 unspecified atom stereocenters. The van der Waals surface area contributed by atoms with E-state index in [4.69, 9.17) is 9.47 Å². The van der Waals surface area contributed by atoms with Gasteiger partial charge >= 0.3 is 0 Å². The summed E-state index contributed by atoms with van der Waals surface area (Å²) < 4.78 is 13.6. The lowest BCUT2D eigenvalue weighted by Crippen LogP contribution is -2.52. The number of hydrogen-bond acceptors (Lipinski definition) is 3. The molecule has 4 aliphatic rings. The second kappa shape index (κ2) is 8.89. The maximum atomic E-state index is 13.8. The van der Waals surface area contributed by atoms with E-state index >= 15 is 0 Å². The Morgan fingerprint density at radius 3 is 2.20 bits per heavy atom. The monoisotopic (exact) mass is 464 g/mol. The van der Waals surface area contributed by atoms with E-state index in [9.17, 15) is 4.79 Å². The van der Waals surface area contributed by atoms with Crippen molar-refractivity contribution in [3.63, 3.8) is 0 Å². The Bertz CT molecular complexity index is 1240. The van der Waals surface area contributed by atoms with E-state index in [1.807, 2.05) is 24.3 Å². The van der Waals surface area contributed by atoms with Crippen LogP contribution < -0.4 is 0 Å². The summed E-state index contributed by atoms with van der Waals surface area (Å²) in [6.07, 6.45) is 15.5. The van der Waals surface area contributed by atoms with Gasteiger partial charge in [0, 0.05) is 6.42 Å². The van der Waals surface area contributed by atoms with Crippen LogP contribution in [0, 0.1) is 5.41 Å². The van der Waals surface area contributed by atoms with E-state index in [0.717, 1.165) is 49.7 Å². The van der Waals surface area contributed by atoms with Crippen LogP contribution in [0.1, 0.15) is 56.6 Å². The predicted molar refractivity (Wildman–Crippen MR) is 139 cm³/mol. The zero-order chi connectivity index (χ0) is 23.9. The fourth-order valence-corrected chi connectivity index (χ4v) is 6.29. The van der Waals surface area contributed by atoms with E-state index in [-0.39, 0.29) is 11.9 Å². The molecule has 3 heteroatoms. The average molecular weight is 465 g/mol. The molecule has 3 nitrogen and oxygen atoms in total. The molecule has 2 bridgehead atoms. The third-order valence-electron chi connectivity index (χ3n) is 8.31. The molecule has 0 amide bonds. The molecule has 1 spiro atoms. The number of carbonyl (C=O) groups is 1. The summed E-state index contributed by atoms with van der Waals surface area (Å²) in [6, 6.07) is 20.6. The van der Waals surface area contributed by atoms with Crippen molar-refractivity contribution in [1.82, 2.24) is 0 Å². The van der Waals surface area contributed by atoms with Gasteiger partial charge in [0.05, 0.1) is 5.41 Å². The van der Waals surface area contributed by atoms with Crippen molar-refractivity contribution < 1.29 is 14.3 Å². The second-order valence-electron chi connectivity index (χ2n) is 10.4. The molecule has 2 saturated carbocycles. The minimum atomic E-state index is -0.835. The van der Waals surface area contributed by atoms with Crippen molar-refractivity contribution >= 4 is 17.9 Å². The molecule has 35 heavy (non-hydrogen) atoms. The van der Waals surface area contributed by atoms with Crippen LogP contribution in [-0.2, 0) is 14.3 Å². The van der Waals surface area contributed by atoms with Crippen molar-refractivity contribution in [3.05, 3.63) is 107 Å². The van der Waals surface area contributed by atoms with Crippen molar-refractivity contribution in [2.24, 2.45) is 5.41 Å². The first-order valence-corrected chi connectivity index (χ1v) is 12.9. The molecule has 4 atom stereocenters. The summed E-state index contributed by atoms with van der Waals surface area (Å²) in [7, 11) is 0. The van der Waals surface area contributed by atoms with Crippen LogP contribution >= 0.6 is 0 Å². The summed E-state index contributed by atoms with van der Waals surface area (Å²) in [5.74, 6) is -0.644. The number of carbonyl (C=O) groups excluding carboxylic acids is 1. The smallest absolute Gasteiger partial charge is 0.183 e. The molecule has 0 radical (unpaired) electrons. The standard InChI is InChI=1S/C32H32O3/c1-31-21-8-9-22-32(31)34-28-25(16-10-15-23-11-4-2-5-12-23)18-20-26(28)27(29(35-32)30(31)33)19-17-24-13-6-3-7-14-24/h2-7,10-17,19,28-29H,8-9,18,20-22H2,1H3/b15-10+,19-17+,25-16+/t28?,29-,31-,32-/m1/s1. The molecule has 178 valence electrons. The number of Topliss-reactive ketones (excluding diaryl/α,β-unsaturated/α-hetero) is 1. The van der Waals surface area contributed by atoms with Gasteiger partial charge in [-0.2, -0.15) is 0 Å². The Balaban J connectivity index is 1.42. The molecule has 2 heterocycles. The largest absolute Gasteiger partial charge is 0.337 e. The maximum Gasteiger partial charge on any atom is 0.183 e. The van der Waals surface area contributed by atoms with Crippen molar-refractivity contribution in [2.75, 3.05) is 0 Å². The van der Waals surface area contributed by atoms with Gasteiger partial charge in [0.1, 0.15) is 12.2 Å². The van der Waals surface area contributed by atoms with E-state index in [2.05, 4.69) is 73.7 Å². The number of ether oxygens (including phenoxy) is 2. The van der Waals surface area contributed by atoms with Crippen LogP contribution in [0.15, 0.2) is 95.6 Å². The van der Waals surface area contributed by atoms with Gasteiger partial charge in [-0.15, -0.1) is 0 Å². The van der Waals surface area contributed by atoms with Crippen LogP contribution in [0.2, 0.25) is 0 Å². The summed E-state index contributed by atoms with van der Waals surface area (Å²) >= 11 is 0. The zero-order valence-corrected chi connectivity index (χ0v) is 20.3. The third-order valence-corrected chi connectivity index (χ3v) is 8.31. The number of rotatable bonds is 4. The topological polar surface area (TPSA) is 35.5 Å². The Kier molecular flexibility index (Phi) is 5.70. The first kappa shape index (κ1) is 22.5. The van der Waals surface area contributed by atoms with Crippen LogP contribution in [0.3, 0.4) is 0 Å². The second-order valence-corrected chi connectivity index (χ2v) is 10.4.